The van der Waals surface area contributed by atoms with E-state index in [0.29, 0.717) is 18.2 Å². The van der Waals surface area contributed by atoms with Gasteiger partial charge in [-0.3, -0.25) is 4.68 Å². The maximum absolute atomic E-state index is 12.3. The molecule has 0 spiro atoms. The smallest absolute Gasteiger partial charge is 0.410 e. The largest absolute Gasteiger partial charge is 0.444 e. The summed E-state index contributed by atoms with van der Waals surface area (Å²) in [6.07, 6.45) is 5.31. The highest BCUT2D eigenvalue weighted by molar-refractivity contribution is 6.29. The second-order valence-electron chi connectivity index (χ2n) is 7.02. The number of ether oxygens (including phenoxy) is 1. The van der Waals surface area contributed by atoms with Crippen molar-refractivity contribution in [1.29, 1.82) is 0 Å². The van der Waals surface area contributed by atoms with Crippen LogP contribution >= 0.6 is 11.6 Å². The number of aryl methyl sites for hydroxylation is 1. The Hall–Kier alpha value is -2.34. The second kappa shape index (κ2) is 6.52. The van der Waals surface area contributed by atoms with E-state index >= 15 is 0 Å². The third-order valence-corrected chi connectivity index (χ3v) is 3.98. The highest BCUT2D eigenvalue weighted by Crippen LogP contribution is 2.32. The number of carbonyl (C=O) groups excluding carboxylic acids is 1. The topological polar surface area (TPSA) is 60.2 Å². The van der Waals surface area contributed by atoms with E-state index in [-0.39, 0.29) is 6.09 Å². The molecule has 1 aliphatic rings. The van der Waals surface area contributed by atoms with Gasteiger partial charge in [-0.05, 0) is 38.5 Å². The van der Waals surface area contributed by atoms with Crippen LogP contribution in [0.25, 0.3) is 16.8 Å². The molecular formula is C18H21ClN4O2. The van der Waals surface area contributed by atoms with Gasteiger partial charge in [0.2, 0.25) is 0 Å². The number of aromatic nitrogens is 3. The summed E-state index contributed by atoms with van der Waals surface area (Å²) < 4.78 is 7.18. The quantitative estimate of drug-likeness (QED) is 0.765. The molecule has 0 fully saturated rings. The number of hydrogen-bond acceptors (Lipinski definition) is 4. The summed E-state index contributed by atoms with van der Waals surface area (Å²) in [6.45, 7) is 6.55. The number of halogens is 1. The van der Waals surface area contributed by atoms with Crippen molar-refractivity contribution in [1.82, 2.24) is 19.7 Å². The van der Waals surface area contributed by atoms with Gasteiger partial charge in [-0.2, -0.15) is 5.10 Å². The maximum atomic E-state index is 12.3. The van der Waals surface area contributed by atoms with E-state index in [1.165, 1.54) is 0 Å². The molecule has 7 heteroatoms. The highest BCUT2D eigenvalue weighted by atomic mass is 35.5. The van der Waals surface area contributed by atoms with Crippen LogP contribution in [-0.2, 0) is 11.8 Å². The van der Waals surface area contributed by atoms with Crippen LogP contribution in [-0.4, -0.2) is 44.4 Å². The maximum Gasteiger partial charge on any atom is 0.410 e. The summed E-state index contributed by atoms with van der Waals surface area (Å²) in [4.78, 5) is 18.1. The van der Waals surface area contributed by atoms with Crippen molar-refractivity contribution < 1.29 is 9.53 Å². The van der Waals surface area contributed by atoms with E-state index in [4.69, 9.17) is 16.3 Å². The zero-order valence-corrected chi connectivity index (χ0v) is 15.5. The standard InChI is InChI=1S/C18H21ClN4O2/c1-18(2,3)25-17(24)23-8-5-12(11-23)14-10-20-16(19)9-13(14)15-6-7-22(4)21-15/h5-7,9-10H,8,11H2,1-4H3. The average Bonchev–Trinajstić information content (AvgIpc) is 3.14. The van der Waals surface area contributed by atoms with Crippen molar-refractivity contribution in [3.05, 3.63) is 41.3 Å². The minimum absolute atomic E-state index is 0.319. The normalized spacial score (nSPS) is 14.6. The molecule has 0 saturated carbocycles. The Labute approximate surface area is 152 Å². The van der Waals surface area contributed by atoms with E-state index in [1.807, 2.05) is 46.2 Å². The molecule has 1 amide bonds. The van der Waals surface area contributed by atoms with Crippen molar-refractivity contribution in [2.75, 3.05) is 13.1 Å². The summed E-state index contributed by atoms with van der Waals surface area (Å²) in [7, 11) is 1.87. The summed E-state index contributed by atoms with van der Waals surface area (Å²) in [6, 6.07) is 3.73. The van der Waals surface area contributed by atoms with E-state index in [9.17, 15) is 4.79 Å². The molecule has 0 N–H and O–H groups in total. The Morgan fingerprint density at radius 1 is 1.32 bits per heavy atom. The number of pyridine rings is 1. The first-order chi connectivity index (χ1) is 11.7. The van der Waals surface area contributed by atoms with Crippen LogP contribution in [0.3, 0.4) is 0 Å². The summed E-state index contributed by atoms with van der Waals surface area (Å²) in [5.74, 6) is 0. The molecule has 0 aromatic carbocycles. The van der Waals surface area contributed by atoms with Crippen molar-refractivity contribution in [3.63, 3.8) is 0 Å². The molecule has 1 aliphatic heterocycles. The lowest BCUT2D eigenvalue weighted by atomic mass is 10.0. The number of amides is 1. The summed E-state index contributed by atoms with van der Waals surface area (Å²) in [5.41, 5.74) is 3.14. The van der Waals surface area contributed by atoms with E-state index in [0.717, 1.165) is 22.4 Å². The van der Waals surface area contributed by atoms with Gasteiger partial charge >= 0.3 is 6.09 Å². The van der Waals surface area contributed by atoms with Crippen LogP contribution in [0.1, 0.15) is 26.3 Å². The molecule has 3 heterocycles. The second-order valence-corrected chi connectivity index (χ2v) is 7.40. The molecule has 0 radical (unpaired) electrons. The molecule has 25 heavy (non-hydrogen) atoms. The van der Waals surface area contributed by atoms with Crippen molar-refractivity contribution in [2.24, 2.45) is 7.05 Å². The van der Waals surface area contributed by atoms with Crippen molar-refractivity contribution in [3.8, 4) is 11.3 Å². The molecular weight excluding hydrogens is 340 g/mol. The van der Waals surface area contributed by atoms with Gasteiger partial charge in [0.05, 0.1) is 5.69 Å². The summed E-state index contributed by atoms with van der Waals surface area (Å²) >= 11 is 6.08. The Morgan fingerprint density at radius 3 is 2.72 bits per heavy atom. The zero-order valence-electron chi connectivity index (χ0n) is 14.8. The molecule has 3 rings (SSSR count). The third kappa shape index (κ3) is 4.02. The Balaban J connectivity index is 1.85. The molecule has 0 aliphatic carbocycles. The van der Waals surface area contributed by atoms with Crippen LogP contribution in [0.5, 0.6) is 0 Å². The van der Waals surface area contributed by atoms with Gasteiger partial charge in [-0.25, -0.2) is 9.78 Å². The third-order valence-electron chi connectivity index (χ3n) is 3.78. The monoisotopic (exact) mass is 360 g/mol. The first-order valence-electron chi connectivity index (χ1n) is 8.06. The number of nitrogens with zero attached hydrogens (tertiary/aromatic N) is 4. The Kier molecular flexibility index (Phi) is 4.56. The highest BCUT2D eigenvalue weighted by Gasteiger charge is 2.27. The lowest BCUT2D eigenvalue weighted by Gasteiger charge is -2.24. The lowest BCUT2D eigenvalue weighted by Crippen LogP contribution is -2.35. The fraction of sp³-hybridized carbons (Fsp3) is 0.389. The van der Waals surface area contributed by atoms with Crippen LogP contribution in [0.2, 0.25) is 5.15 Å². The van der Waals surface area contributed by atoms with Gasteiger partial charge < -0.3 is 9.64 Å². The fourth-order valence-corrected chi connectivity index (χ4v) is 2.83. The van der Waals surface area contributed by atoms with Gasteiger partial charge in [0.15, 0.2) is 0 Å². The Morgan fingerprint density at radius 2 is 2.08 bits per heavy atom. The van der Waals surface area contributed by atoms with Crippen LogP contribution in [0.15, 0.2) is 30.6 Å². The first kappa shape index (κ1) is 17.5. The molecule has 2 aromatic heterocycles. The molecule has 132 valence electrons. The van der Waals surface area contributed by atoms with E-state index in [1.54, 1.807) is 21.8 Å². The minimum atomic E-state index is -0.513. The fourth-order valence-electron chi connectivity index (χ4n) is 2.67. The summed E-state index contributed by atoms with van der Waals surface area (Å²) in [5, 5.41) is 4.86. The van der Waals surface area contributed by atoms with Gasteiger partial charge in [-0.1, -0.05) is 17.7 Å². The van der Waals surface area contributed by atoms with Crippen LogP contribution < -0.4 is 0 Å². The predicted octanol–water partition coefficient (Wildman–Crippen LogP) is 3.77. The molecule has 0 saturated heterocycles. The van der Waals surface area contributed by atoms with Crippen LogP contribution in [0, 0.1) is 0 Å². The first-order valence-corrected chi connectivity index (χ1v) is 8.43. The van der Waals surface area contributed by atoms with Gasteiger partial charge in [0, 0.05) is 43.7 Å². The predicted molar refractivity (Wildman–Crippen MR) is 97.2 cm³/mol. The molecule has 0 bridgehead atoms. The number of carbonyl (C=O) groups is 1. The SMILES string of the molecule is Cn1ccc(-c2cc(Cl)ncc2C2=CCN(C(=O)OC(C)(C)C)C2)n1. The molecule has 6 nitrogen and oxygen atoms in total. The average molecular weight is 361 g/mol. The van der Waals surface area contributed by atoms with Crippen LogP contribution in [0.4, 0.5) is 4.79 Å². The van der Waals surface area contributed by atoms with Crippen molar-refractivity contribution >= 4 is 23.3 Å². The molecule has 0 unspecified atom stereocenters. The minimum Gasteiger partial charge on any atom is -0.444 e. The molecule has 2 aromatic rings. The number of hydrogen-bond donors (Lipinski definition) is 0. The van der Waals surface area contributed by atoms with E-state index < -0.39 is 5.60 Å². The Bertz CT molecular complexity index is 836. The number of rotatable bonds is 2. The van der Waals surface area contributed by atoms with Crippen molar-refractivity contribution in [2.45, 2.75) is 26.4 Å². The molecule has 0 atom stereocenters. The van der Waals surface area contributed by atoms with Gasteiger partial charge in [-0.15, -0.1) is 0 Å². The van der Waals surface area contributed by atoms with E-state index in [2.05, 4.69) is 10.1 Å². The van der Waals surface area contributed by atoms with Gasteiger partial charge in [0.1, 0.15) is 10.8 Å². The van der Waals surface area contributed by atoms with Gasteiger partial charge in [0.25, 0.3) is 0 Å². The lowest BCUT2D eigenvalue weighted by molar-refractivity contribution is 0.0306. The zero-order chi connectivity index (χ0) is 18.2.